The number of carbonyl (C=O) groups excluding carboxylic acids is 1. The SMILES string of the molecule is Cc1ccccc1OC1CCN(C(=O)Cl)C1. The van der Waals surface area contributed by atoms with Crippen molar-refractivity contribution in [1.29, 1.82) is 0 Å². The van der Waals surface area contributed by atoms with E-state index in [9.17, 15) is 4.79 Å². The number of halogens is 1. The minimum absolute atomic E-state index is 0.0591. The van der Waals surface area contributed by atoms with Crippen molar-refractivity contribution < 1.29 is 9.53 Å². The molecule has 1 atom stereocenters. The molecule has 0 saturated carbocycles. The van der Waals surface area contributed by atoms with Crippen LogP contribution in [0.4, 0.5) is 4.79 Å². The number of aryl methyl sites for hydroxylation is 1. The summed E-state index contributed by atoms with van der Waals surface area (Å²) in [5.41, 5.74) is 1.11. The Kier molecular flexibility index (Phi) is 3.34. The van der Waals surface area contributed by atoms with Gasteiger partial charge in [0.15, 0.2) is 0 Å². The highest BCUT2D eigenvalue weighted by atomic mass is 35.5. The van der Waals surface area contributed by atoms with Crippen LogP contribution in [0.5, 0.6) is 5.75 Å². The summed E-state index contributed by atoms with van der Waals surface area (Å²) in [5, 5.41) is -0.393. The normalized spacial score (nSPS) is 19.9. The van der Waals surface area contributed by atoms with Crippen LogP contribution in [-0.4, -0.2) is 29.5 Å². The van der Waals surface area contributed by atoms with Gasteiger partial charge in [-0.25, -0.2) is 0 Å². The molecule has 86 valence electrons. The van der Waals surface area contributed by atoms with Crippen LogP contribution in [0.1, 0.15) is 12.0 Å². The number of nitrogens with zero attached hydrogens (tertiary/aromatic N) is 1. The lowest BCUT2D eigenvalue weighted by atomic mass is 10.2. The van der Waals surface area contributed by atoms with Crippen LogP contribution in [0.15, 0.2) is 24.3 Å². The van der Waals surface area contributed by atoms with E-state index in [0.717, 1.165) is 17.7 Å². The lowest BCUT2D eigenvalue weighted by molar-refractivity contribution is 0.198. The van der Waals surface area contributed by atoms with Gasteiger partial charge in [-0.1, -0.05) is 18.2 Å². The third kappa shape index (κ3) is 2.47. The molecule has 1 aliphatic rings. The third-order valence-electron chi connectivity index (χ3n) is 2.78. The zero-order valence-corrected chi connectivity index (χ0v) is 9.91. The molecule has 4 heteroatoms. The first-order chi connectivity index (χ1) is 7.66. The quantitative estimate of drug-likeness (QED) is 0.587. The fraction of sp³-hybridized carbons (Fsp3) is 0.417. The Morgan fingerprint density at radius 2 is 2.25 bits per heavy atom. The van der Waals surface area contributed by atoms with Crippen molar-refractivity contribution in [2.75, 3.05) is 13.1 Å². The Morgan fingerprint density at radius 3 is 2.88 bits per heavy atom. The largest absolute Gasteiger partial charge is 0.488 e. The van der Waals surface area contributed by atoms with Crippen molar-refractivity contribution in [3.05, 3.63) is 29.8 Å². The molecule has 0 spiro atoms. The van der Waals surface area contributed by atoms with Gasteiger partial charge in [0, 0.05) is 13.0 Å². The highest BCUT2D eigenvalue weighted by Crippen LogP contribution is 2.22. The fourth-order valence-electron chi connectivity index (χ4n) is 1.85. The lowest BCUT2D eigenvalue weighted by Gasteiger charge is -2.16. The topological polar surface area (TPSA) is 29.5 Å². The van der Waals surface area contributed by atoms with Crippen LogP contribution in [0.2, 0.25) is 0 Å². The van der Waals surface area contributed by atoms with Gasteiger partial charge in [0.25, 0.3) is 0 Å². The Morgan fingerprint density at radius 1 is 1.50 bits per heavy atom. The highest BCUT2D eigenvalue weighted by Gasteiger charge is 2.26. The van der Waals surface area contributed by atoms with E-state index in [1.807, 2.05) is 31.2 Å². The second kappa shape index (κ2) is 4.74. The summed E-state index contributed by atoms with van der Waals surface area (Å²) in [6.45, 7) is 3.27. The maximum atomic E-state index is 10.9. The number of ether oxygens (including phenoxy) is 1. The van der Waals surface area contributed by atoms with Crippen LogP contribution in [0.25, 0.3) is 0 Å². The summed E-state index contributed by atoms with van der Waals surface area (Å²) in [6, 6.07) is 7.88. The van der Waals surface area contributed by atoms with Gasteiger partial charge in [-0.3, -0.25) is 4.79 Å². The van der Waals surface area contributed by atoms with Crippen molar-refractivity contribution in [2.45, 2.75) is 19.4 Å². The number of benzene rings is 1. The van der Waals surface area contributed by atoms with Gasteiger partial charge in [-0.2, -0.15) is 0 Å². The summed E-state index contributed by atoms with van der Waals surface area (Å²) in [5.74, 6) is 0.886. The lowest BCUT2D eigenvalue weighted by Crippen LogP contribution is -2.26. The Bertz CT molecular complexity index is 394. The van der Waals surface area contributed by atoms with Gasteiger partial charge in [-0.05, 0) is 30.2 Å². The molecule has 2 rings (SSSR count). The first-order valence-corrected chi connectivity index (χ1v) is 5.71. The zero-order chi connectivity index (χ0) is 11.5. The zero-order valence-electron chi connectivity index (χ0n) is 9.15. The maximum Gasteiger partial charge on any atom is 0.316 e. The van der Waals surface area contributed by atoms with Gasteiger partial charge >= 0.3 is 5.37 Å². The number of carbonyl (C=O) groups is 1. The molecule has 3 nitrogen and oxygen atoms in total. The maximum absolute atomic E-state index is 10.9. The minimum atomic E-state index is -0.393. The summed E-state index contributed by atoms with van der Waals surface area (Å²) in [6.07, 6.45) is 0.899. The number of para-hydroxylation sites is 1. The molecule has 0 aromatic heterocycles. The van der Waals surface area contributed by atoms with Gasteiger partial charge in [0.1, 0.15) is 11.9 Å². The van der Waals surface area contributed by atoms with Crippen molar-refractivity contribution in [1.82, 2.24) is 4.90 Å². The van der Waals surface area contributed by atoms with E-state index in [1.165, 1.54) is 0 Å². The molecule has 1 aromatic rings. The average Bonchev–Trinajstić information content (AvgIpc) is 2.70. The molecule has 1 heterocycles. The summed E-state index contributed by atoms with van der Waals surface area (Å²) >= 11 is 5.42. The van der Waals surface area contributed by atoms with E-state index in [4.69, 9.17) is 16.3 Å². The van der Waals surface area contributed by atoms with Crippen LogP contribution in [-0.2, 0) is 0 Å². The monoisotopic (exact) mass is 239 g/mol. The number of rotatable bonds is 2. The molecule has 0 N–H and O–H groups in total. The van der Waals surface area contributed by atoms with E-state index in [-0.39, 0.29) is 6.10 Å². The Balaban J connectivity index is 1.97. The second-order valence-corrected chi connectivity index (χ2v) is 4.32. The van der Waals surface area contributed by atoms with Crippen LogP contribution < -0.4 is 4.74 Å². The predicted octanol–water partition coefficient (Wildman–Crippen LogP) is 2.81. The average molecular weight is 240 g/mol. The van der Waals surface area contributed by atoms with Gasteiger partial charge < -0.3 is 9.64 Å². The predicted molar refractivity (Wildman–Crippen MR) is 63.0 cm³/mol. The summed E-state index contributed by atoms with van der Waals surface area (Å²) in [4.78, 5) is 12.5. The van der Waals surface area contributed by atoms with E-state index in [2.05, 4.69) is 0 Å². The first kappa shape index (κ1) is 11.3. The van der Waals surface area contributed by atoms with Crippen molar-refractivity contribution in [2.24, 2.45) is 0 Å². The van der Waals surface area contributed by atoms with Crippen molar-refractivity contribution in [3.8, 4) is 5.75 Å². The minimum Gasteiger partial charge on any atom is -0.488 e. The van der Waals surface area contributed by atoms with Crippen LogP contribution in [0.3, 0.4) is 0 Å². The fourth-order valence-corrected chi connectivity index (χ4v) is 2.01. The Labute approximate surface area is 100.0 Å². The Hall–Kier alpha value is -1.22. The molecule has 1 aliphatic heterocycles. The molecule has 1 amide bonds. The molecule has 1 unspecified atom stereocenters. The van der Waals surface area contributed by atoms with E-state index in [1.54, 1.807) is 4.90 Å². The summed E-state index contributed by atoms with van der Waals surface area (Å²) < 4.78 is 5.83. The molecule has 1 fully saturated rings. The standard InChI is InChI=1S/C12H14ClNO2/c1-9-4-2-3-5-11(9)16-10-6-7-14(8-10)12(13)15/h2-5,10H,6-8H2,1H3. The molecular weight excluding hydrogens is 226 g/mol. The molecule has 0 radical (unpaired) electrons. The molecule has 0 bridgehead atoms. The van der Waals surface area contributed by atoms with Crippen LogP contribution >= 0.6 is 11.6 Å². The number of likely N-dealkylation sites (tertiary alicyclic amines) is 1. The molecular formula is C12H14ClNO2. The van der Waals surface area contributed by atoms with E-state index < -0.39 is 5.37 Å². The molecule has 1 saturated heterocycles. The first-order valence-electron chi connectivity index (χ1n) is 5.33. The molecule has 16 heavy (non-hydrogen) atoms. The van der Waals surface area contributed by atoms with Gasteiger partial charge in [0.2, 0.25) is 0 Å². The van der Waals surface area contributed by atoms with Crippen molar-refractivity contribution >= 4 is 17.0 Å². The number of hydrogen-bond donors (Lipinski definition) is 0. The second-order valence-electron chi connectivity index (χ2n) is 3.99. The number of amides is 1. The van der Waals surface area contributed by atoms with E-state index >= 15 is 0 Å². The van der Waals surface area contributed by atoms with Crippen LogP contribution in [0, 0.1) is 6.92 Å². The highest BCUT2D eigenvalue weighted by molar-refractivity contribution is 6.62. The third-order valence-corrected chi connectivity index (χ3v) is 3.02. The smallest absolute Gasteiger partial charge is 0.316 e. The summed E-state index contributed by atoms with van der Waals surface area (Å²) in [7, 11) is 0. The molecule has 0 aliphatic carbocycles. The molecule has 1 aromatic carbocycles. The van der Waals surface area contributed by atoms with Crippen molar-refractivity contribution in [3.63, 3.8) is 0 Å². The van der Waals surface area contributed by atoms with Gasteiger partial charge in [-0.15, -0.1) is 0 Å². The van der Waals surface area contributed by atoms with E-state index in [0.29, 0.717) is 13.1 Å². The number of hydrogen-bond acceptors (Lipinski definition) is 2. The van der Waals surface area contributed by atoms with Gasteiger partial charge in [0.05, 0.1) is 6.54 Å².